The highest BCUT2D eigenvalue weighted by Gasteiger charge is 2.25. The largest absolute Gasteiger partial charge is 0.495 e. The Morgan fingerprint density at radius 3 is 2.71 bits per heavy atom. The number of carbonyl (C=O) groups excluding carboxylic acids is 1. The molecule has 0 saturated carbocycles. The number of benzene rings is 2. The van der Waals surface area contributed by atoms with Crippen LogP contribution in [0, 0.1) is 0 Å². The summed E-state index contributed by atoms with van der Waals surface area (Å²) in [5.41, 5.74) is 1.65. The summed E-state index contributed by atoms with van der Waals surface area (Å²) in [7, 11) is 3.27. The molecule has 1 unspecified atom stereocenters. The molecule has 0 aliphatic carbocycles. The van der Waals surface area contributed by atoms with Gasteiger partial charge in [-0.25, -0.2) is 0 Å². The van der Waals surface area contributed by atoms with Crippen molar-refractivity contribution in [3.63, 3.8) is 0 Å². The first-order valence-electron chi connectivity index (χ1n) is 9.45. The number of piperidine rings is 1. The van der Waals surface area contributed by atoms with Crippen molar-refractivity contribution < 1.29 is 18.7 Å². The molecule has 1 aliphatic rings. The van der Waals surface area contributed by atoms with Crippen LogP contribution in [-0.4, -0.2) is 39.3 Å². The van der Waals surface area contributed by atoms with E-state index in [1.807, 2.05) is 36.4 Å². The number of amides is 1. The molecule has 146 valence electrons. The average Bonchev–Trinajstić information content (AvgIpc) is 3.18. The molecule has 1 N–H and O–H groups in total. The molecular weight excluding hydrogens is 356 g/mol. The molecule has 1 saturated heterocycles. The lowest BCUT2D eigenvalue weighted by atomic mass is 10.0. The Hall–Kier alpha value is -3.15. The smallest absolute Gasteiger partial charge is 0.287 e. The first-order valence-corrected chi connectivity index (χ1v) is 9.45. The highest BCUT2D eigenvalue weighted by atomic mass is 16.5. The molecule has 1 amide bonds. The lowest BCUT2D eigenvalue weighted by Gasteiger charge is -2.35. The third-order valence-electron chi connectivity index (χ3n) is 5.13. The maximum absolute atomic E-state index is 12.8. The number of ether oxygens (including phenoxy) is 2. The molecule has 2 heterocycles. The van der Waals surface area contributed by atoms with Crippen LogP contribution in [0.1, 0.15) is 23.4 Å². The van der Waals surface area contributed by atoms with Crippen LogP contribution in [0.5, 0.6) is 11.5 Å². The number of nitrogens with zero attached hydrogens (tertiary/aromatic N) is 1. The van der Waals surface area contributed by atoms with Gasteiger partial charge in [-0.1, -0.05) is 24.3 Å². The first-order chi connectivity index (χ1) is 13.7. The molecule has 0 bridgehead atoms. The zero-order chi connectivity index (χ0) is 19.5. The molecule has 0 radical (unpaired) electrons. The van der Waals surface area contributed by atoms with Crippen molar-refractivity contribution in [2.24, 2.45) is 0 Å². The van der Waals surface area contributed by atoms with Gasteiger partial charge >= 0.3 is 0 Å². The minimum absolute atomic E-state index is 0.0428. The highest BCUT2D eigenvalue weighted by molar-refractivity contribution is 5.97. The monoisotopic (exact) mass is 380 g/mol. The summed E-state index contributed by atoms with van der Waals surface area (Å²) in [4.78, 5) is 15.0. The molecule has 0 spiro atoms. The van der Waals surface area contributed by atoms with E-state index in [0.29, 0.717) is 17.1 Å². The molecule has 1 aliphatic heterocycles. The fourth-order valence-electron chi connectivity index (χ4n) is 3.77. The van der Waals surface area contributed by atoms with Crippen molar-refractivity contribution in [1.29, 1.82) is 0 Å². The minimum Gasteiger partial charge on any atom is -0.495 e. The number of hydrogen-bond donors (Lipinski definition) is 1. The Morgan fingerprint density at radius 2 is 1.89 bits per heavy atom. The van der Waals surface area contributed by atoms with Crippen LogP contribution >= 0.6 is 0 Å². The van der Waals surface area contributed by atoms with E-state index in [0.717, 1.165) is 42.8 Å². The van der Waals surface area contributed by atoms with E-state index < -0.39 is 0 Å². The Morgan fingerprint density at radius 1 is 1.11 bits per heavy atom. The van der Waals surface area contributed by atoms with Gasteiger partial charge in [0.2, 0.25) is 0 Å². The van der Waals surface area contributed by atoms with Crippen molar-refractivity contribution in [1.82, 2.24) is 5.32 Å². The maximum atomic E-state index is 12.8. The minimum atomic E-state index is -0.204. The van der Waals surface area contributed by atoms with Gasteiger partial charge in [-0.2, -0.15) is 0 Å². The number of fused-ring (bicyclic) bond motifs is 1. The van der Waals surface area contributed by atoms with Gasteiger partial charge in [0.05, 0.1) is 19.9 Å². The van der Waals surface area contributed by atoms with Crippen LogP contribution in [0.15, 0.2) is 52.9 Å². The first kappa shape index (κ1) is 18.2. The van der Waals surface area contributed by atoms with Gasteiger partial charge in [-0.3, -0.25) is 4.79 Å². The van der Waals surface area contributed by atoms with E-state index in [4.69, 9.17) is 13.9 Å². The number of carbonyl (C=O) groups is 1. The zero-order valence-electron chi connectivity index (χ0n) is 16.1. The summed E-state index contributed by atoms with van der Waals surface area (Å²) in [6.45, 7) is 1.67. The molecule has 1 atom stereocenters. The van der Waals surface area contributed by atoms with Crippen molar-refractivity contribution in [2.45, 2.75) is 18.9 Å². The van der Waals surface area contributed by atoms with E-state index in [9.17, 15) is 4.79 Å². The Balaban J connectivity index is 1.49. The number of furan rings is 1. The van der Waals surface area contributed by atoms with E-state index in [-0.39, 0.29) is 11.9 Å². The Kier molecular flexibility index (Phi) is 5.10. The fraction of sp³-hybridized carbons (Fsp3) is 0.318. The lowest BCUT2D eigenvalue weighted by Crippen LogP contribution is -2.47. The van der Waals surface area contributed by atoms with E-state index in [2.05, 4.69) is 16.3 Å². The second-order valence-electron chi connectivity index (χ2n) is 6.92. The van der Waals surface area contributed by atoms with Gasteiger partial charge in [-0.15, -0.1) is 0 Å². The predicted molar refractivity (Wildman–Crippen MR) is 108 cm³/mol. The van der Waals surface area contributed by atoms with Crippen LogP contribution in [0.3, 0.4) is 0 Å². The second-order valence-corrected chi connectivity index (χ2v) is 6.92. The van der Waals surface area contributed by atoms with Crippen molar-refractivity contribution in [2.75, 3.05) is 32.2 Å². The summed E-state index contributed by atoms with van der Waals surface area (Å²) < 4.78 is 16.6. The van der Waals surface area contributed by atoms with E-state index >= 15 is 0 Å². The topological polar surface area (TPSA) is 63.9 Å². The maximum Gasteiger partial charge on any atom is 0.287 e. The normalized spacial score (nSPS) is 16.8. The third kappa shape index (κ3) is 3.50. The molecule has 28 heavy (non-hydrogen) atoms. The van der Waals surface area contributed by atoms with Crippen molar-refractivity contribution in [3.8, 4) is 11.5 Å². The third-order valence-corrected chi connectivity index (χ3v) is 5.13. The van der Waals surface area contributed by atoms with Gasteiger partial charge in [0.25, 0.3) is 5.91 Å². The summed E-state index contributed by atoms with van der Waals surface area (Å²) in [6, 6.07) is 15.4. The van der Waals surface area contributed by atoms with Crippen molar-refractivity contribution in [3.05, 3.63) is 54.3 Å². The van der Waals surface area contributed by atoms with Crippen LogP contribution in [0.25, 0.3) is 11.0 Å². The standard InChI is InChI=1S/C22H24N2O4/c1-26-18-10-4-3-9-17(18)24-12-6-8-16(14-24)23-22(25)20-13-15-7-5-11-19(27-2)21(15)28-20/h3-5,7,9-11,13,16H,6,8,12,14H2,1-2H3,(H,23,25). The van der Waals surface area contributed by atoms with Gasteiger partial charge in [0.15, 0.2) is 17.1 Å². The van der Waals surface area contributed by atoms with Gasteiger partial charge < -0.3 is 24.1 Å². The molecule has 3 aromatic rings. The van der Waals surface area contributed by atoms with Crippen LogP contribution in [0.2, 0.25) is 0 Å². The van der Waals surface area contributed by atoms with Gasteiger partial charge in [0, 0.05) is 24.5 Å². The summed E-state index contributed by atoms with van der Waals surface area (Å²) in [6.07, 6.45) is 1.93. The zero-order valence-corrected chi connectivity index (χ0v) is 16.1. The van der Waals surface area contributed by atoms with Crippen LogP contribution < -0.4 is 19.7 Å². The van der Waals surface area contributed by atoms with Gasteiger partial charge in [-0.05, 0) is 37.1 Å². The molecule has 2 aromatic carbocycles. The predicted octanol–water partition coefficient (Wildman–Crippen LogP) is 3.85. The number of hydrogen-bond acceptors (Lipinski definition) is 5. The quantitative estimate of drug-likeness (QED) is 0.728. The van der Waals surface area contributed by atoms with E-state index in [1.54, 1.807) is 20.3 Å². The van der Waals surface area contributed by atoms with Crippen LogP contribution in [-0.2, 0) is 0 Å². The number of nitrogens with one attached hydrogen (secondary N) is 1. The SMILES string of the molecule is COc1ccccc1N1CCCC(NC(=O)c2cc3cccc(OC)c3o2)C1. The van der Waals surface area contributed by atoms with Crippen LogP contribution in [0.4, 0.5) is 5.69 Å². The molecule has 6 heteroatoms. The number of methoxy groups -OCH3 is 2. The Labute approximate surface area is 164 Å². The second kappa shape index (κ2) is 7.84. The number of para-hydroxylation sites is 3. The lowest BCUT2D eigenvalue weighted by molar-refractivity contribution is 0.0907. The highest BCUT2D eigenvalue weighted by Crippen LogP contribution is 2.31. The summed E-state index contributed by atoms with van der Waals surface area (Å²) in [5.74, 6) is 1.56. The van der Waals surface area contributed by atoms with Crippen molar-refractivity contribution >= 4 is 22.6 Å². The van der Waals surface area contributed by atoms with E-state index in [1.165, 1.54) is 0 Å². The molecular formula is C22H24N2O4. The molecule has 6 nitrogen and oxygen atoms in total. The van der Waals surface area contributed by atoms with Gasteiger partial charge in [0.1, 0.15) is 5.75 Å². The molecule has 4 rings (SSSR count). The molecule has 1 fully saturated rings. The average molecular weight is 380 g/mol. The number of rotatable bonds is 5. The summed E-state index contributed by atoms with van der Waals surface area (Å²) >= 11 is 0. The molecule has 1 aromatic heterocycles. The Bertz CT molecular complexity index is 982. The number of anilines is 1. The summed E-state index contributed by atoms with van der Waals surface area (Å²) in [5, 5.41) is 3.97. The fourth-order valence-corrected chi connectivity index (χ4v) is 3.77.